The van der Waals surface area contributed by atoms with E-state index in [4.69, 9.17) is 14.5 Å². The van der Waals surface area contributed by atoms with E-state index in [9.17, 15) is 18.8 Å². The first-order valence-electron chi connectivity index (χ1n) is 16.7. The molecule has 2 aliphatic heterocycles. The number of para-hydroxylation sites is 1. The molecule has 1 N–H and O–H groups in total. The minimum absolute atomic E-state index is 0.0713. The molecule has 14 heteroatoms. The topological polar surface area (TPSA) is 116 Å². The normalized spacial score (nSPS) is 16.3. The van der Waals surface area contributed by atoms with Gasteiger partial charge in [-0.15, -0.1) is 0 Å². The lowest BCUT2D eigenvalue weighted by Gasteiger charge is -2.40. The van der Waals surface area contributed by atoms with Crippen molar-refractivity contribution in [2.45, 2.75) is 13.0 Å². The Balaban J connectivity index is 1.35. The van der Waals surface area contributed by atoms with Crippen LogP contribution in [0.3, 0.4) is 0 Å². The molecule has 2 saturated heterocycles. The second-order valence-electron chi connectivity index (χ2n) is 12.5. The Morgan fingerprint density at radius 1 is 0.920 bits per heavy atom. The quantitative estimate of drug-likeness (QED) is 0.283. The monoisotopic (exact) mass is 686 g/mol. The average Bonchev–Trinajstić information content (AvgIpc) is 3.13. The van der Waals surface area contributed by atoms with Crippen LogP contribution in [0.25, 0.3) is 10.9 Å². The highest BCUT2D eigenvalue weighted by Crippen LogP contribution is 2.37. The molecule has 3 aromatic carbocycles. The molecule has 1 atom stereocenters. The Kier molecular flexibility index (Phi) is 10.5. The predicted octanol–water partition coefficient (Wildman–Crippen LogP) is 3.38. The van der Waals surface area contributed by atoms with Crippen LogP contribution in [0.15, 0.2) is 71.5 Å². The van der Waals surface area contributed by atoms with E-state index >= 15 is 0 Å². The number of hydrogen-bond donors (Lipinski definition) is 1. The van der Waals surface area contributed by atoms with Crippen LogP contribution < -0.4 is 30.3 Å². The number of hydrogen-bond acceptors (Lipinski definition) is 9. The second-order valence-corrected chi connectivity index (χ2v) is 12.5. The lowest BCUT2D eigenvalue weighted by atomic mass is 10.1. The van der Waals surface area contributed by atoms with Crippen molar-refractivity contribution in [1.82, 2.24) is 24.4 Å². The zero-order valence-electron chi connectivity index (χ0n) is 28.8. The molecule has 13 nitrogen and oxygen atoms in total. The molecule has 50 heavy (non-hydrogen) atoms. The van der Waals surface area contributed by atoms with E-state index in [-0.39, 0.29) is 11.5 Å². The van der Waals surface area contributed by atoms with E-state index in [1.54, 1.807) is 48.0 Å². The maximum Gasteiger partial charge on any atom is 0.327 e. The minimum atomic E-state index is -0.827. The predicted molar refractivity (Wildman–Crippen MR) is 190 cm³/mol. The van der Waals surface area contributed by atoms with E-state index < -0.39 is 17.9 Å². The number of carbonyl (C=O) groups excluding carboxylic acids is 2. The third-order valence-electron chi connectivity index (χ3n) is 9.35. The van der Waals surface area contributed by atoms with Crippen LogP contribution in [0.2, 0.25) is 0 Å². The van der Waals surface area contributed by atoms with Gasteiger partial charge < -0.3 is 29.6 Å². The molecule has 1 unspecified atom stereocenters. The van der Waals surface area contributed by atoms with Crippen molar-refractivity contribution in [3.63, 3.8) is 0 Å². The Morgan fingerprint density at radius 3 is 2.30 bits per heavy atom. The van der Waals surface area contributed by atoms with Crippen molar-refractivity contribution in [1.29, 1.82) is 0 Å². The lowest BCUT2D eigenvalue weighted by molar-refractivity contribution is -0.133. The first-order valence-corrected chi connectivity index (χ1v) is 16.7. The molecule has 3 amide bonds. The zero-order valence-corrected chi connectivity index (χ0v) is 28.8. The third kappa shape index (κ3) is 7.36. The van der Waals surface area contributed by atoms with Gasteiger partial charge in [-0.1, -0.05) is 12.1 Å². The standard InChI is InChI=1S/C36H43FN8O5/c1-25(44(31-14-13-28(49-3)23-32(31)50-4)36(48)38-27-11-9-26(37)10-12-27)34-39-30-8-6-5-7-29(30)35(47)45(34)43-21-19-42(20-22-43)33(46)24-41-17-15-40(2)16-18-41/h5-14,23,25H,15-22,24H2,1-4H3,(H,38,48). The SMILES string of the molecule is COc1ccc(N(C(=O)Nc2ccc(F)cc2)C(C)c2nc3ccccc3c(=O)n2N2CCN(C(=O)CN3CCN(C)CC3)CC2)c(OC)c1. The number of amides is 3. The maximum absolute atomic E-state index is 14.3. The van der Waals surface area contributed by atoms with E-state index in [2.05, 4.69) is 22.2 Å². The van der Waals surface area contributed by atoms with Crippen LogP contribution in [0, 0.1) is 5.82 Å². The third-order valence-corrected chi connectivity index (χ3v) is 9.35. The number of methoxy groups -OCH3 is 2. The molecular weight excluding hydrogens is 643 g/mol. The average molecular weight is 687 g/mol. The molecule has 1 aromatic heterocycles. The lowest BCUT2D eigenvalue weighted by Crippen LogP contribution is -2.58. The first-order chi connectivity index (χ1) is 24.2. The van der Waals surface area contributed by atoms with Crippen molar-refractivity contribution in [2.75, 3.05) is 95.4 Å². The number of ether oxygens (including phenoxy) is 2. The highest BCUT2D eigenvalue weighted by Gasteiger charge is 2.33. The van der Waals surface area contributed by atoms with E-state index in [0.717, 1.165) is 26.2 Å². The largest absolute Gasteiger partial charge is 0.497 e. The molecule has 0 saturated carbocycles. The fourth-order valence-electron chi connectivity index (χ4n) is 6.44. The Hall–Kier alpha value is -5.21. The van der Waals surface area contributed by atoms with Crippen LogP contribution in [-0.4, -0.2) is 116 Å². The molecule has 264 valence electrons. The van der Waals surface area contributed by atoms with Crippen LogP contribution >= 0.6 is 0 Å². The number of fused-ring (bicyclic) bond motifs is 1. The molecular formula is C36H43FN8O5. The second kappa shape index (κ2) is 15.1. The Morgan fingerprint density at radius 2 is 1.62 bits per heavy atom. The number of piperazine rings is 2. The smallest absolute Gasteiger partial charge is 0.327 e. The van der Waals surface area contributed by atoms with Gasteiger partial charge in [-0.2, -0.15) is 0 Å². The first kappa shape index (κ1) is 34.6. The number of urea groups is 1. The van der Waals surface area contributed by atoms with E-state index in [0.29, 0.717) is 72.3 Å². The van der Waals surface area contributed by atoms with Gasteiger partial charge in [0.25, 0.3) is 5.56 Å². The van der Waals surface area contributed by atoms with Crippen LogP contribution in [-0.2, 0) is 4.79 Å². The fourth-order valence-corrected chi connectivity index (χ4v) is 6.44. The van der Waals surface area contributed by atoms with Gasteiger partial charge in [0.05, 0.1) is 56.5 Å². The number of rotatable bonds is 9. The van der Waals surface area contributed by atoms with Crippen LogP contribution in [0.4, 0.5) is 20.6 Å². The number of halogens is 1. The van der Waals surface area contributed by atoms with Crippen LogP contribution in [0.5, 0.6) is 11.5 Å². The number of aromatic nitrogens is 2. The van der Waals surface area contributed by atoms with Gasteiger partial charge >= 0.3 is 6.03 Å². The van der Waals surface area contributed by atoms with Gasteiger partial charge in [0.2, 0.25) is 5.91 Å². The molecule has 4 aromatic rings. The molecule has 3 heterocycles. The van der Waals surface area contributed by atoms with Crippen molar-refractivity contribution >= 4 is 34.2 Å². The summed E-state index contributed by atoms with van der Waals surface area (Å²) in [6.45, 7) is 7.37. The van der Waals surface area contributed by atoms with E-state index in [1.807, 2.05) is 16.0 Å². The molecule has 0 spiro atoms. The van der Waals surface area contributed by atoms with Gasteiger partial charge in [-0.05, 0) is 62.5 Å². The summed E-state index contributed by atoms with van der Waals surface area (Å²) < 4.78 is 26.4. The van der Waals surface area contributed by atoms with Crippen molar-refractivity contribution < 1.29 is 23.5 Å². The van der Waals surface area contributed by atoms with Gasteiger partial charge in [-0.3, -0.25) is 19.4 Å². The summed E-state index contributed by atoms with van der Waals surface area (Å²) in [5.41, 5.74) is 0.975. The number of carbonyl (C=O) groups is 2. The van der Waals surface area contributed by atoms with Crippen molar-refractivity contribution in [3.8, 4) is 11.5 Å². The molecule has 2 aliphatic rings. The molecule has 2 fully saturated rings. The summed E-state index contributed by atoms with van der Waals surface area (Å²) in [4.78, 5) is 54.6. The van der Waals surface area contributed by atoms with Crippen LogP contribution in [0.1, 0.15) is 18.8 Å². The highest BCUT2D eigenvalue weighted by atomic mass is 19.1. The number of likely N-dealkylation sites (N-methyl/N-ethyl adjacent to an activating group) is 1. The number of benzene rings is 3. The molecule has 0 radical (unpaired) electrons. The highest BCUT2D eigenvalue weighted by molar-refractivity contribution is 6.03. The summed E-state index contributed by atoms with van der Waals surface area (Å²) in [5.74, 6) is 0.834. The zero-order chi connectivity index (χ0) is 35.4. The van der Waals surface area contributed by atoms with Gasteiger partial charge in [0.15, 0.2) is 5.82 Å². The fraction of sp³-hybridized carbons (Fsp3) is 0.389. The minimum Gasteiger partial charge on any atom is -0.497 e. The maximum atomic E-state index is 14.3. The van der Waals surface area contributed by atoms with Crippen molar-refractivity contribution in [3.05, 3.63) is 88.7 Å². The van der Waals surface area contributed by atoms with Gasteiger partial charge in [-0.25, -0.2) is 18.8 Å². The summed E-state index contributed by atoms with van der Waals surface area (Å²) in [6.07, 6.45) is 0. The number of nitrogens with one attached hydrogen (secondary N) is 1. The Labute approximate surface area is 290 Å². The molecule has 0 bridgehead atoms. The summed E-state index contributed by atoms with van der Waals surface area (Å²) in [7, 11) is 5.11. The number of anilines is 2. The van der Waals surface area contributed by atoms with Gasteiger partial charge in [0, 0.05) is 51.0 Å². The van der Waals surface area contributed by atoms with Gasteiger partial charge in [0.1, 0.15) is 17.3 Å². The molecule has 0 aliphatic carbocycles. The van der Waals surface area contributed by atoms with E-state index in [1.165, 1.54) is 43.4 Å². The summed E-state index contributed by atoms with van der Waals surface area (Å²) in [5, 5.41) is 5.19. The Bertz CT molecular complexity index is 1890. The van der Waals surface area contributed by atoms with Crippen molar-refractivity contribution in [2.24, 2.45) is 0 Å². The molecule has 6 rings (SSSR count). The summed E-state index contributed by atoms with van der Waals surface area (Å²) in [6, 6.07) is 16.3. The number of nitrogens with zero attached hydrogens (tertiary/aromatic N) is 7. The summed E-state index contributed by atoms with van der Waals surface area (Å²) >= 11 is 0.